The van der Waals surface area contributed by atoms with Crippen molar-refractivity contribution in [1.29, 1.82) is 0 Å². The van der Waals surface area contributed by atoms with Gasteiger partial charge in [-0.2, -0.15) is 0 Å². The number of nitrogens with two attached hydrogens (primary N) is 1. The molecule has 3 N–H and O–H groups in total. The van der Waals surface area contributed by atoms with Crippen LogP contribution in [0.25, 0.3) is 0 Å². The van der Waals surface area contributed by atoms with Gasteiger partial charge in [0, 0.05) is 18.0 Å². The van der Waals surface area contributed by atoms with E-state index in [-0.39, 0.29) is 17.9 Å². The molecule has 0 saturated heterocycles. The van der Waals surface area contributed by atoms with E-state index >= 15 is 0 Å². The lowest BCUT2D eigenvalue weighted by molar-refractivity contribution is -0.128. The molecule has 3 atom stereocenters. The third-order valence-corrected chi connectivity index (χ3v) is 5.96. The first-order valence-electron chi connectivity index (χ1n) is 9.15. The molecule has 23 heavy (non-hydrogen) atoms. The van der Waals surface area contributed by atoms with Gasteiger partial charge in [-0.3, -0.25) is 4.79 Å². The van der Waals surface area contributed by atoms with Crippen molar-refractivity contribution in [1.82, 2.24) is 5.32 Å². The first-order valence-corrected chi connectivity index (χ1v) is 9.15. The molecule has 1 aromatic carbocycles. The van der Waals surface area contributed by atoms with Gasteiger partial charge >= 0.3 is 0 Å². The third-order valence-electron chi connectivity index (χ3n) is 5.96. The zero-order valence-electron chi connectivity index (χ0n) is 14.4. The number of nitrogens with one attached hydrogen (secondary N) is 1. The zero-order valence-corrected chi connectivity index (χ0v) is 14.4. The first kappa shape index (κ1) is 16.5. The van der Waals surface area contributed by atoms with E-state index in [0.717, 1.165) is 19.3 Å². The summed E-state index contributed by atoms with van der Waals surface area (Å²) in [5, 5.41) is 3.25. The van der Waals surface area contributed by atoms with Crippen LogP contribution in [0.2, 0.25) is 0 Å². The second kappa shape index (κ2) is 7.04. The number of hydrogen-bond donors (Lipinski definition) is 2. The van der Waals surface area contributed by atoms with Crippen molar-refractivity contribution in [2.45, 2.75) is 64.5 Å². The third kappa shape index (κ3) is 3.77. The molecule has 2 aliphatic carbocycles. The van der Waals surface area contributed by atoms with E-state index in [0.29, 0.717) is 17.9 Å². The number of rotatable bonds is 4. The van der Waals surface area contributed by atoms with E-state index in [1.807, 2.05) is 0 Å². The van der Waals surface area contributed by atoms with Gasteiger partial charge in [-0.05, 0) is 68.9 Å². The van der Waals surface area contributed by atoms with Gasteiger partial charge in [0.25, 0.3) is 0 Å². The molecule has 0 aromatic heterocycles. The molecule has 2 fully saturated rings. The highest BCUT2D eigenvalue weighted by Gasteiger charge is 2.40. The van der Waals surface area contributed by atoms with Crippen LogP contribution in [0.3, 0.4) is 0 Å². The van der Waals surface area contributed by atoms with Gasteiger partial charge < -0.3 is 11.1 Å². The monoisotopic (exact) mass is 314 g/mol. The highest BCUT2D eigenvalue weighted by Crippen LogP contribution is 2.41. The molecular formula is C20H30N2O. The SMILES string of the molecule is Cc1ccccc1CC(C)NC(=O)C1CC2CCCC(C1)C2N. The van der Waals surface area contributed by atoms with Gasteiger partial charge in [0.15, 0.2) is 0 Å². The summed E-state index contributed by atoms with van der Waals surface area (Å²) >= 11 is 0. The summed E-state index contributed by atoms with van der Waals surface area (Å²) in [7, 11) is 0. The Morgan fingerprint density at radius 2 is 1.91 bits per heavy atom. The van der Waals surface area contributed by atoms with Crippen molar-refractivity contribution in [3.05, 3.63) is 35.4 Å². The maximum absolute atomic E-state index is 12.7. The fourth-order valence-corrected chi connectivity index (χ4v) is 4.58. The Kier molecular flexibility index (Phi) is 5.05. The van der Waals surface area contributed by atoms with Gasteiger partial charge in [-0.25, -0.2) is 0 Å². The number of aryl methyl sites for hydroxylation is 1. The fourth-order valence-electron chi connectivity index (χ4n) is 4.58. The summed E-state index contributed by atoms with van der Waals surface area (Å²) in [4.78, 5) is 12.7. The molecule has 0 radical (unpaired) electrons. The quantitative estimate of drug-likeness (QED) is 0.896. The lowest BCUT2D eigenvalue weighted by Gasteiger charge is -2.43. The highest BCUT2D eigenvalue weighted by atomic mass is 16.1. The summed E-state index contributed by atoms with van der Waals surface area (Å²) in [6.07, 6.45) is 6.58. The minimum atomic E-state index is 0.171. The predicted octanol–water partition coefficient (Wildman–Crippen LogP) is 3.20. The van der Waals surface area contributed by atoms with Crippen LogP contribution in [0, 0.1) is 24.7 Å². The molecule has 2 aliphatic rings. The van der Waals surface area contributed by atoms with Gasteiger partial charge in [-0.1, -0.05) is 30.7 Å². The number of carbonyl (C=O) groups excluding carboxylic acids is 1. The minimum Gasteiger partial charge on any atom is -0.353 e. The maximum Gasteiger partial charge on any atom is 0.223 e. The van der Waals surface area contributed by atoms with Crippen LogP contribution in [0.4, 0.5) is 0 Å². The smallest absolute Gasteiger partial charge is 0.223 e. The Morgan fingerprint density at radius 1 is 1.26 bits per heavy atom. The van der Waals surface area contributed by atoms with Crippen LogP contribution in [0.15, 0.2) is 24.3 Å². The molecule has 3 heteroatoms. The topological polar surface area (TPSA) is 55.1 Å². The van der Waals surface area contributed by atoms with Crippen LogP contribution in [0.5, 0.6) is 0 Å². The molecule has 0 spiro atoms. The van der Waals surface area contributed by atoms with E-state index < -0.39 is 0 Å². The van der Waals surface area contributed by atoms with E-state index in [4.69, 9.17) is 5.73 Å². The summed E-state index contributed by atoms with van der Waals surface area (Å²) in [6, 6.07) is 8.93. The summed E-state index contributed by atoms with van der Waals surface area (Å²) < 4.78 is 0. The number of amides is 1. The van der Waals surface area contributed by atoms with E-state index in [9.17, 15) is 4.79 Å². The molecule has 2 saturated carbocycles. The molecule has 3 unspecified atom stereocenters. The molecule has 1 aromatic rings. The van der Waals surface area contributed by atoms with Crippen molar-refractivity contribution in [2.75, 3.05) is 0 Å². The number of hydrogen-bond acceptors (Lipinski definition) is 2. The van der Waals surface area contributed by atoms with Gasteiger partial charge in [0.05, 0.1) is 0 Å². The normalized spacial score (nSPS) is 31.4. The lowest BCUT2D eigenvalue weighted by Crippen LogP contribution is -2.50. The Morgan fingerprint density at radius 3 is 2.57 bits per heavy atom. The summed E-state index contributed by atoms with van der Waals surface area (Å²) in [5.74, 6) is 1.54. The van der Waals surface area contributed by atoms with Crippen molar-refractivity contribution in [2.24, 2.45) is 23.5 Å². The molecule has 1 amide bonds. The van der Waals surface area contributed by atoms with Crippen molar-refractivity contribution in [3.8, 4) is 0 Å². The van der Waals surface area contributed by atoms with Gasteiger partial charge in [0.2, 0.25) is 5.91 Å². The van der Waals surface area contributed by atoms with Crippen LogP contribution in [-0.4, -0.2) is 18.0 Å². The molecule has 3 nitrogen and oxygen atoms in total. The Bertz CT molecular complexity index is 542. The average molecular weight is 314 g/mol. The molecule has 3 rings (SSSR count). The van der Waals surface area contributed by atoms with Crippen LogP contribution in [-0.2, 0) is 11.2 Å². The van der Waals surface area contributed by atoms with Crippen molar-refractivity contribution < 1.29 is 4.79 Å². The van der Waals surface area contributed by atoms with Gasteiger partial charge in [0.1, 0.15) is 0 Å². The number of benzene rings is 1. The maximum atomic E-state index is 12.7. The lowest BCUT2D eigenvalue weighted by atomic mass is 9.65. The van der Waals surface area contributed by atoms with E-state index in [1.165, 1.54) is 30.4 Å². The van der Waals surface area contributed by atoms with E-state index in [1.54, 1.807) is 0 Å². The van der Waals surface area contributed by atoms with Gasteiger partial charge in [-0.15, -0.1) is 0 Å². The highest BCUT2D eigenvalue weighted by molar-refractivity contribution is 5.79. The Balaban J connectivity index is 1.56. The standard InChI is InChI=1S/C20H30N2O/c1-13-6-3-4-7-15(13)10-14(2)22-20(23)18-11-16-8-5-9-17(12-18)19(16)21/h3-4,6-7,14,16-19H,5,8-12,21H2,1-2H3,(H,22,23). The van der Waals surface area contributed by atoms with Crippen LogP contribution < -0.4 is 11.1 Å². The molecule has 2 bridgehead atoms. The fraction of sp³-hybridized carbons (Fsp3) is 0.650. The van der Waals surface area contributed by atoms with Crippen LogP contribution in [0.1, 0.15) is 50.2 Å². The Labute approximate surface area is 140 Å². The van der Waals surface area contributed by atoms with Crippen molar-refractivity contribution in [3.63, 3.8) is 0 Å². The van der Waals surface area contributed by atoms with Crippen molar-refractivity contribution >= 4 is 5.91 Å². The Hall–Kier alpha value is -1.35. The number of carbonyl (C=O) groups is 1. The predicted molar refractivity (Wildman–Crippen MR) is 94.0 cm³/mol. The molecule has 0 heterocycles. The number of fused-ring (bicyclic) bond motifs is 2. The minimum absolute atomic E-state index is 0.171. The average Bonchev–Trinajstić information content (AvgIpc) is 2.49. The second-order valence-electron chi connectivity index (χ2n) is 7.74. The molecule has 126 valence electrons. The second-order valence-corrected chi connectivity index (χ2v) is 7.74. The summed E-state index contributed by atoms with van der Waals surface area (Å²) in [6.45, 7) is 4.24. The molecule has 0 aliphatic heterocycles. The first-order chi connectivity index (χ1) is 11.0. The zero-order chi connectivity index (χ0) is 16.4. The molecular weight excluding hydrogens is 284 g/mol. The van der Waals surface area contributed by atoms with E-state index in [2.05, 4.69) is 43.4 Å². The largest absolute Gasteiger partial charge is 0.353 e. The van der Waals surface area contributed by atoms with Crippen LogP contribution >= 0.6 is 0 Å². The summed E-state index contributed by atoms with van der Waals surface area (Å²) in [5.41, 5.74) is 8.96.